The minimum Gasteiger partial charge on any atom is -0.381 e. The van der Waals surface area contributed by atoms with E-state index in [0.29, 0.717) is 37.8 Å². The molecule has 0 aromatic carbocycles. The van der Waals surface area contributed by atoms with Gasteiger partial charge in [-0.1, -0.05) is 0 Å². The monoisotopic (exact) mass is 363 g/mol. The average Bonchev–Trinajstić information content (AvgIpc) is 3.16. The van der Waals surface area contributed by atoms with Gasteiger partial charge in [-0.3, -0.25) is 19.2 Å². The number of amides is 2. The molecule has 26 heavy (non-hydrogen) atoms. The summed E-state index contributed by atoms with van der Waals surface area (Å²) in [4.78, 5) is 29.1. The molecule has 1 N–H and O–H groups in total. The van der Waals surface area contributed by atoms with Gasteiger partial charge in [0, 0.05) is 52.1 Å². The number of carbonyl (C=O) groups is 2. The lowest BCUT2D eigenvalue weighted by Crippen LogP contribution is -2.59. The molecule has 2 saturated heterocycles. The highest BCUT2D eigenvalue weighted by Crippen LogP contribution is 2.15. The van der Waals surface area contributed by atoms with E-state index in [-0.39, 0.29) is 17.9 Å². The van der Waals surface area contributed by atoms with Gasteiger partial charge in [0.25, 0.3) is 5.91 Å². The molecule has 2 fully saturated rings. The first kappa shape index (κ1) is 18.8. The number of rotatable bonds is 5. The molecule has 0 bridgehead atoms. The number of aromatic nitrogens is 2. The van der Waals surface area contributed by atoms with Crippen molar-refractivity contribution in [2.75, 3.05) is 46.4 Å². The Bertz CT molecular complexity index is 626. The first-order valence-electron chi connectivity index (χ1n) is 9.47. The zero-order chi connectivity index (χ0) is 18.5. The molecule has 0 radical (unpaired) electrons. The summed E-state index contributed by atoms with van der Waals surface area (Å²) in [6.45, 7) is 6.62. The molecule has 8 nitrogen and oxygen atoms in total. The second-order valence-corrected chi connectivity index (χ2v) is 7.11. The van der Waals surface area contributed by atoms with Crippen molar-refractivity contribution in [1.82, 2.24) is 24.9 Å². The van der Waals surface area contributed by atoms with Gasteiger partial charge in [-0.2, -0.15) is 5.10 Å². The van der Waals surface area contributed by atoms with Crippen LogP contribution < -0.4 is 5.32 Å². The number of ether oxygens (including phenoxy) is 1. The van der Waals surface area contributed by atoms with Crippen LogP contribution in [0.15, 0.2) is 12.3 Å². The topological polar surface area (TPSA) is 79.7 Å². The van der Waals surface area contributed by atoms with Gasteiger partial charge in [-0.05, 0) is 38.8 Å². The van der Waals surface area contributed by atoms with E-state index >= 15 is 0 Å². The lowest BCUT2D eigenvalue weighted by Gasteiger charge is -2.38. The maximum Gasteiger partial charge on any atom is 0.274 e. The Labute approximate surface area is 154 Å². The highest BCUT2D eigenvalue weighted by molar-refractivity contribution is 5.93. The molecule has 3 heterocycles. The molecule has 2 aliphatic heterocycles. The normalized spacial score (nSPS) is 22.4. The standard InChI is InChI=1S/C18H29N5O3/c1-3-23-7-4-15(20-23)18(25)22-9-8-21(2)16(13-22)17(24)19-12-14-5-10-26-11-6-14/h4,7,14,16H,3,5-6,8-13H2,1-2H3,(H,19,24)/t16-/m0/s1. The molecule has 1 aromatic rings. The zero-order valence-electron chi connectivity index (χ0n) is 15.7. The van der Waals surface area contributed by atoms with Crippen LogP contribution in [-0.2, 0) is 16.1 Å². The van der Waals surface area contributed by atoms with Crippen LogP contribution >= 0.6 is 0 Å². The Morgan fingerprint density at radius 3 is 2.77 bits per heavy atom. The van der Waals surface area contributed by atoms with Gasteiger partial charge in [0.1, 0.15) is 11.7 Å². The van der Waals surface area contributed by atoms with E-state index < -0.39 is 0 Å². The van der Waals surface area contributed by atoms with Crippen LogP contribution in [0.4, 0.5) is 0 Å². The molecule has 0 saturated carbocycles. The van der Waals surface area contributed by atoms with Gasteiger partial charge < -0.3 is 15.0 Å². The van der Waals surface area contributed by atoms with Crippen LogP contribution in [0.2, 0.25) is 0 Å². The fraction of sp³-hybridized carbons (Fsp3) is 0.722. The summed E-state index contributed by atoms with van der Waals surface area (Å²) in [6.07, 6.45) is 3.79. The molecule has 1 aromatic heterocycles. The van der Waals surface area contributed by atoms with E-state index in [1.165, 1.54) is 0 Å². The first-order chi connectivity index (χ1) is 12.6. The fourth-order valence-electron chi connectivity index (χ4n) is 3.47. The van der Waals surface area contributed by atoms with Crippen LogP contribution in [0.5, 0.6) is 0 Å². The van der Waals surface area contributed by atoms with Gasteiger partial charge in [-0.15, -0.1) is 0 Å². The number of carbonyl (C=O) groups excluding carboxylic acids is 2. The quantitative estimate of drug-likeness (QED) is 0.809. The summed E-state index contributed by atoms with van der Waals surface area (Å²) in [7, 11) is 1.94. The largest absolute Gasteiger partial charge is 0.381 e. The number of hydrogen-bond acceptors (Lipinski definition) is 5. The summed E-state index contributed by atoms with van der Waals surface area (Å²) in [6, 6.07) is 1.42. The minimum atomic E-state index is -0.319. The Morgan fingerprint density at radius 2 is 2.08 bits per heavy atom. The van der Waals surface area contributed by atoms with Crippen molar-refractivity contribution in [1.29, 1.82) is 0 Å². The Kier molecular flexibility index (Phi) is 6.26. The number of piperazine rings is 1. The van der Waals surface area contributed by atoms with Crippen molar-refractivity contribution in [3.8, 4) is 0 Å². The molecular formula is C18H29N5O3. The first-order valence-corrected chi connectivity index (χ1v) is 9.47. The van der Waals surface area contributed by atoms with E-state index in [4.69, 9.17) is 4.74 Å². The van der Waals surface area contributed by atoms with Crippen molar-refractivity contribution in [3.05, 3.63) is 18.0 Å². The van der Waals surface area contributed by atoms with Crippen LogP contribution in [0.1, 0.15) is 30.3 Å². The van der Waals surface area contributed by atoms with E-state index in [9.17, 15) is 9.59 Å². The zero-order valence-corrected chi connectivity index (χ0v) is 15.7. The third-order valence-corrected chi connectivity index (χ3v) is 5.33. The van der Waals surface area contributed by atoms with Crippen molar-refractivity contribution in [3.63, 3.8) is 0 Å². The number of likely N-dealkylation sites (N-methyl/N-ethyl adjacent to an activating group) is 1. The maximum atomic E-state index is 12.7. The lowest BCUT2D eigenvalue weighted by molar-refractivity contribution is -0.128. The second-order valence-electron chi connectivity index (χ2n) is 7.11. The summed E-state index contributed by atoms with van der Waals surface area (Å²) in [5.41, 5.74) is 0.442. The predicted molar refractivity (Wildman–Crippen MR) is 96.8 cm³/mol. The van der Waals surface area contributed by atoms with E-state index in [1.54, 1.807) is 21.8 Å². The van der Waals surface area contributed by atoms with Crippen LogP contribution in [0, 0.1) is 5.92 Å². The highest BCUT2D eigenvalue weighted by Gasteiger charge is 2.33. The molecule has 144 valence electrons. The van der Waals surface area contributed by atoms with Crippen molar-refractivity contribution in [2.45, 2.75) is 32.4 Å². The van der Waals surface area contributed by atoms with E-state index in [1.807, 2.05) is 18.9 Å². The van der Waals surface area contributed by atoms with Gasteiger partial charge in [0.2, 0.25) is 5.91 Å². The van der Waals surface area contributed by atoms with E-state index in [2.05, 4.69) is 10.4 Å². The Morgan fingerprint density at radius 1 is 1.31 bits per heavy atom. The minimum absolute atomic E-state index is 0.00409. The van der Waals surface area contributed by atoms with Crippen LogP contribution in [0.25, 0.3) is 0 Å². The number of nitrogens with one attached hydrogen (secondary N) is 1. The third kappa shape index (κ3) is 4.42. The average molecular weight is 363 g/mol. The van der Waals surface area contributed by atoms with Gasteiger partial charge >= 0.3 is 0 Å². The van der Waals surface area contributed by atoms with Crippen molar-refractivity contribution < 1.29 is 14.3 Å². The smallest absolute Gasteiger partial charge is 0.274 e. The summed E-state index contributed by atoms with van der Waals surface area (Å²) in [5.74, 6) is 0.375. The number of nitrogens with zero attached hydrogens (tertiary/aromatic N) is 4. The predicted octanol–water partition coefficient (Wildman–Crippen LogP) is 0.202. The van der Waals surface area contributed by atoms with E-state index in [0.717, 1.165) is 32.6 Å². The highest BCUT2D eigenvalue weighted by atomic mass is 16.5. The number of hydrogen-bond donors (Lipinski definition) is 1. The summed E-state index contributed by atoms with van der Waals surface area (Å²) >= 11 is 0. The van der Waals surface area contributed by atoms with Crippen molar-refractivity contribution in [2.24, 2.45) is 5.92 Å². The third-order valence-electron chi connectivity index (χ3n) is 5.33. The fourth-order valence-corrected chi connectivity index (χ4v) is 3.47. The van der Waals surface area contributed by atoms with Crippen LogP contribution in [0.3, 0.4) is 0 Å². The van der Waals surface area contributed by atoms with Gasteiger partial charge in [0.05, 0.1) is 0 Å². The molecule has 0 aliphatic carbocycles. The van der Waals surface area contributed by atoms with Gasteiger partial charge in [-0.25, -0.2) is 0 Å². The molecule has 0 unspecified atom stereocenters. The molecule has 2 aliphatic rings. The molecule has 8 heteroatoms. The maximum absolute atomic E-state index is 12.7. The molecule has 2 amide bonds. The molecular weight excluding hydrogens is 334 g/mol. The molecule has 0 spiro atoms. The SMILES string of the molecule is CCn1ccc(C(=O)N2CCN(C)[C@H](C(=O)NCC3CCOCC3)C2)n1. The lowest BCUT2D eigenvalue weighted by atomic mass is 10.0. The molecule has 1 atom stereocenters. The Hall–Kier alpha value is -1.93. The van der Waals surface area contributed by atoms with Crippen molar-refractivity contribution >= 4 is 11.8 Å². The number of aryl methyl sites for hydroxylation is 1. The summed E-state index contributed by atoms with van der Waals surface area (Å²) in [5, 5.41) is 7.36. The second kappa shape index (κ2) is 8.64. The summed E-state index contributed by atoms with van der Waals surface area (Å²) < 4.78 is 7.10. The van der Waals surface area contributed by atoms with Crippen LogP contribution in [-0.4, -0.2) is 83.9 Å². The Balaban J connectivity index is 1.56. The van der Waals surface area contributed by atoms with Gasteiger partial charge in [0.15, 0.2) is 0 Å². The molecule has 3 rings (SSSR count).